The van der Waals surface area contributed by atoms with E-state index in [0.717, 1.165) is 5.56 Å². The van der Waals surface area contributed by atoms with Crippen LogP contribution in [0, 0.1) is 5.41 Å². The molecule has 2 aromatic rings. The first-order chi connectivity index (χ1) is 20.4. The fourth-order valence-corrected chi connectivity index (χ4v) is 4.33. The number of esters is 3. The third kappa shape index (κ3) is 10.3. The summed E-state index contributed by atoms with van der Waals surface area (Å²) in [5.41, 5.74) is 1.18. The topological polar surface area (TPSA) is 140 Å². The Labute approximate surface area is 264 Å². The molecule has 0 saturated carbocycles. The average molecular weight is 661 g/mol. The van der Waals surface area contributed by atoms with Gasteiger partial charge < -0.3 is 33.2 Å². The second kappa shape index (κ2) is 16.2. The van der Waals surface area contributed by atoms with E-state index in [1.54, 1.807) is 37.3 Å². The van der Waals surface area contributed by atoms with Gasteiger partial charge in [-0.05, 0) is 18.1 Å². The van der Waals surface area contributed by atoms with Crippen molar-refractivity contribution >= 4 is 58.6 Å². The summed E-state index contributed by atoms with van der Waals surface area (Å²) in [6.45, 7) is 3.72. The van der Waals surface area contributed by atoms with E-state index in [9.17, 15) is 14.4 Å². The smallest absolute Gasteiger partial charge is 0.339 e. The summed E-state index contributed by atoms with van der Waals surface area (Å²) in [6, 6.07) is 17.5. The number of carbonyl (C=O) groups excluding carboxylic acids is 3. The highest BCUT2D eigenvalue weighted by Crippen LogP contribution is 2.36. The number of hydrogen-bond donors (Lipinski definition) is 1. The van der Waals surface area contributed by atoms with Crippen molar-refractivity contribution in [1.29, 1.82) is 5.41 Å². The number of rotatable bonds is 12. The minimum atomic E-state index is -2.31. The van der Waals surface area contributed by atoms with Gasteiger partial charge in [0.2, 0.25) is 12.2 Å². The molecule has 3 rings (SSSR count). The van der Waals surface area contributed by atoms with Crippen LogP contribution in [0.3, 0.4) is 0 Å². The van der Waals surface area contributed by atoms with Gasteiger partial charge in [-0.3, -0.25) is 15.0 Å². The first-order valence-electron chi connectivity index (χ1n) is 13.2. The SMILES string of the molecule is CCOC(=O)[C@H](O[C@H]1C(OC(=N)C(Cl)(Cl)Cl)O[C@H](COC(C)=O)[C@H](OCc2ccccc2)[C@@H]1OC(C)=O)c1ccccc1. The lowest BCUT2D eigenvalue weighted by Gasteiger charge is -2.45. The lowest BCUT2D eigenvalue weighted by Crippen LogP contribution is -2.63. The zero-order valence-corrected chi connectivity index (χ0v) is 25.8. The number of halogens is 3. The Bertz CT molecular complexity index is 1230. The van der Waals surface area contributed by atoms with Crippen molar-refractivity contribution in [3.63, 3.8) is 0 Å². The molecule has 1 aliphatic rings. The first kappa shape index (κ1) is 34.6. The minimum absolute atomic E-state index is 0.0331. The number of hydrogen-bond acceptors (Lipinski definition) is 11. The van der Waals surface area contributed by atoms with Crippen LogP contribution in [0.5, 0.6) is 0 Å². The van der Waals surface area contributed by atoms with Gasteiger partial charge in [0.1, 0.15) is 18.8 Å². The molecule has 11 nitrogen and oxygen atoms in total. The molecule has 1 aliphatic heterocycles. The Morgan fingerprint density at radius 3 is 2.07 bits per heavy atom. The predicted molar refractivity (Wildman–Crippen MR) is 156 cm³/mol. The Balaban J connectivity index is 2.09. The second-order valence-corrected chi connectivity index (χ2v) is 11.6. The molecule has 0 bridgehead atoms. The second-order valence-electron chi connectivity index (χ2n) is 9.27. The van der Waals surface area contributed by atoms with Crippen LogP contribution in [0.4, 0.5) is 0 Å². The van der Waals surface area contributed by atoms with E-state index in [2.05, 4.69) is 0 Å². The normalized spacial score (nSPS) is 22.6. The lowest BCUT2D eigenvalue weighted by molar-refractivity contribution is -0.309. The summed E-state index contributed by atoms with van der Waals surface area (Å²) in [5.74, 6) is -2.96. The quantitative estimate of drug-likeness (QED) is 0.111. The standard InChI is InChI=1S/C29H32Cl3NO10/c1-4-37-26(36)22(20-13-9-6-10-14-20)42-25-24(40-18(3)35)23(39-15-19-11-7-5-8-12-19)21(16-38-17(2)34)41-27(25)43-28(33)29(30,31)32/h5-14,21-25,27,33H,4,15-16H2,1-3H3/t21-,22-,23+,24+,25-,27?/m1/s1. The number of nitrogens with one attached hydrogen (secondary N) is 1. The summed E-state index contributed by atoms with van der Waals surface area (Å²) in [5, 5.41) is 8.18. The van der Waals surface area contributed by atoms with E-state index in [-0.39, 0.29) is 19.8 Å². The van der Waals surface area contributed by atoms with Crippen molar-refractivity contribution in [2.24, 2.45) is 0 Å². The van der Waals surface area contributed by atoms with Crippen LogP contribution >= 0.6 is 34.8 Å². The number of alkyl halides is 3. The minimum Gasteiger partial charge on any atom is -0.464 e. The molecule has 0 amide bonds. The van der Waals surface area contributed by atoms with E-state index in [0.29, 0.717) is 5.56 Å². The number of carbonyl (C=O) groups is 3. The van der Waals surface area contributed by atoms with Gasteiger partial charge in [-0.1, -0.05) is 95.5 Å². The van der Waals surface area contributed by atoms with Crippen LogP contribution in [0.2, 0.25) is 0 Å². The van der Waals surface area contributed by atoms with E-state index in [4.69, 9.17) is 73.4 Å². The zero-order valence-electron chi connectivity index (χ0n) is 23.6. The fourth-order valence-electron chi connectivity index (χ4n) is 4.20. The van der Waals surface area contributed by atoms with Gasteiger partial charge in [0, 0.05) is 13.8 Å². The third-order valence-corrected chi connectivity index (χ3v) is 6.53. The molecule has 0 radical (unpaired) electrons. The van der Waals surface area contributed by atoms with E-state index < -0.39 is 64.4 Å². The molecule has 1 heterocycles. The molecule has 6 atom stereocenters. The van der Waals surface area contributed by atoms with Crippen LogP contribution < -0.4 is 0 Å². The van der Waals surface area contributed by atoms with Gasteiger partial charge in [-0.2, -0.15) is 0 Å². The molecule has 14 heteroatoms. The highest BCUT2D eigenvalue weighted by Gasteiger charge is 2.53. The van der Waals surface area contributed by atoms with Crippen LogP contribution in [-0.4, -0.2) is 71.5 Å². The average Bonchev–Trinajstić information content (AvgIpc) is 2.95. The first-order valence-corrected chi connectivity index (χ1v) is 14.3. The molecule has 0 spiro atoms. The number of benzene rings is 2. The van der Waals surface area contributed by atoms with E-state index in [1.165, 1.54) is 13.8 Å². The van der Waals surface area contributed by atoms with Gasteiger partial charge in [0.05, 0.1) is 13.2 Å². The maximum Gasteiger partial charge on any atom is 0.339 e. The molecule has 1 N–H and O–H groups in total. The van der Waals surface area contributed by atoms with Crippen molar-refractivity contribution in [2.45, 2.75) is 68.0 Å². The number of ether oxygens (including phenoxy) is 7. The molecule has 43 heavy (non-hydrogen) atoms. The van der Waals surface area contributed by atoms with Crippen molar-refractivity contribution in [3.05, 3.63) is 71.8 Å². The molecule has 2 aromatic carbocycles. The molecule has 1 unspecified atom stereocenters. The summed E-state index contributed by atoms with van der Waals surface area (Å²) in [7, 11) is 0. The fraction of sp³-hybridized carbons (Fsp3) is 0.448. The molecule has 0 aliphatic carbocycles. The highest BCUT2D eigenvalue weighted by atomic mass is 35.6. The Morgan fingerprint density at radius 2 is 1.51 bits per heavy atom. The Hall–Kier alpha value is -2.93. The van der Waals surface area contributed by atoms with Gasteiger partial charge in [0.15, 0.2) is 18.3 Å². The van der Waals surface area contributed by atoms with Crippen molar-refractivity contribution in [2.75, 3.05) is 13.2 Å². The molecular formula is C29H32Cl3NO10. The molecule has 1 saturated heterocycles. The summed E-state index contributed by atoms with van der Waals surface area (Å²) >= 11 is 17.6. The molecule has 0 aromatic heterocycles. The maximum atomic E-state index is 13.1. The van der Waals surface area contributed by atoms with Crippen LogP contribution in [0.15, 0.2) is 60.7 Å². The van der Waals surface area contributed by atoms with Crippen LogP contribution in [-0.2, 0) is 54.1 Å². The Morgan fingerprint density at radius 1 is 0.884 bits per heavy atom. The van der Waals surface area contributed by atoms with Gasteiger partial charge in [0.25, 0.3) is 3.79 Å². The van der Waals surface area contributed by atoms with Gasteiger partial charge in [-0.25, -0.2) is 4.79 Å². The summed E-state index contributed by atoms with van der Waals surface area (Å²) in [6.07, 6.45) is -8.03. The van der Waals surface area contributed by atoms with Crippen molar-refractivity contribution < 1.29 is 47.5 Å². The summed E-state index contributed by atoms with van der Waals surface area (Å²) < 4.78 is 38.0. The zero-order chi connectivity index (χ0) is 31.6. The third-order valence-electron chi connectivity index (χ3n) is 6.02. The molecule has 234 valence electrons. The van der Waals surface area contributed by atoms with Crippen molar-refractivity contribution in [1.82, 2.24) is 0 Å². The van der Waals surface area contributed by atoms with Crippen LogP contribution in [0.25, 0.3) is 0 Å². The predicted octanol–water partition coefficient (Wildman–Crippen LogP) is 4.85. The Kier molecular flexibility index (Phi) is 13.0. The lowest BCUT2D eigenvalue weighted by atomic mass is 9.97. The monoisotopic (exact) mass is 659 g/mol. The van der Waals surface area contributed by atoms with E-state index >= 15 is 0 Å². The van der Waals surface area contributed by atoms with Crippen LogP contribution in [0.1, 0.15) is 38.0 Å². The summed E-state index contributed by atoms with van der Waals surface area (Å²) in [4.78, 5) is 37.3. The highest BCUT2D eigenvalue weighted by molar-refractivity contribution is 6.76. The molecule has 1 fully saturated rings. The van der Waals surface area contributed by atoms with E-state index in [1.807, 2.05) is 30.3 Å². The van der Waals surface area contributed by atoms with Gasteiger partial charge >= 0.3 is 17.9 Å². The molecular weight excluding hydrogens is 629 g/mol. The largest absolute Gasteiger partial charge is 0.464 e. The van der Waals surface area contributed by atoms with Gasteiger partial charge in [-0.15, -0.1) is 0 Å². The van der Waals surface area contributed by atoms with Crippen molar-refractivity contribution in [3.8, 4) is 0 Å². The maximum absolute atomic E-state index is 13.1.